The van der Waals surface area contributed by atoms with Crippen molar-refractivity contribution in [2.45, 2.75) is 26.9 Å². The monoisotopic (exact) mass is 472 g/mol. The zero-order chi connectivity index (χ0) is 18.6. The quantitative estimate of drug-likeness (QED) is 0.526. The molecule has 1 atom stereocenters. The summed E-state index contributed by atoms with van der Waals surface area (Å²) < 4.78 is 6.37. The van der Waals surface area contributed by atoms with Crippen molar-refractivity contribution in [2.75, 3.05) is 0 Å². The first-order valence-corrected chi connectivity index (χ1v) is 9.03. The van der Waals surface area contributed by atoms with Gasteiger partial charge in [0.25, 0.3) is 11.8 Å². The first kappa shape index (κ1) is 19.5. The van der Waals surface area contributed by atoms with Crippen LogP contribution in [0.5, 0.6) is 5.75 Å². The number of benzene rings is 2. The third kappa shape index (κ3) is 5.09. The molecule has 5 nitrogen and oxygen atoms in total. The number of rotatable bonds is 4. The smallest absolute Gasteiger partial charge is 0.279 e. The van der Waals surface area contributed by atoms with Crippen LogP contribution in [0.3, 0.4) is 0 Å². The molecule has 2 N–H and O–H groups in total. The second-order valence-corrected chi connectivity index (χ2v) is 7.12. The summed E-state index contributed by atoms with van der Waals surface area (Å²) in [5, 5.41) is 0.542. The number of ether oxygens (including phenoxy) is 1. The molecule has 2 aromatic carbocycles. The maximum absolute atomic E-state index is 12.1. The molecule has 2 amide bonds. The number of carbonyl (C=O) groups excluding carboxylic acids is 2. The molecule has 0 saturated carbocycles. The van der Waals surface area contributed by atoms with E-state index in [1.807, 2.05) is 48.6 Å². The van der Waals surface area contributed by atoms with Crippen molar-refractivity contribution in [1.29, 1.82) is 0 Å². The number of halogens is 2. The van der Waals surface area contributed by atoms with Gasteiger partial charge in [0.05, 0.1) is 5.56 Å². The van der Waals surface area contributed by atoms with E-state index in [0.717, 1.165) is 11.1 Å². The Balaban J connectivity index is 1.95. The molecule has 0 bridgehead atoms. The van der Waals surface area contributed by atoms with Crippen molar-refractivity contribution in [1.82, 2.24) is 10.9 Å². The molecule has 2 aromatic rings. The second kappa shape index (κ2) is 8.53. The van der Waals surface area contributed by atoms with E-state index in [1.54, 1.807) is 31.2 Å². The molecular weight excluding hydrogens is 455 g/mol. The van der Waals surface area contributed by atoms with Crippen LogP contribution < -0.4 is 15.6 Å². The molecular formula is C18H18ClIN2O3. The molecule has 2 rings (SSSR count). The number of nitrogens with one attached hydrogen (secondary N) is 2. The number of hydrogen-bond acceptors (Lipinski definition) is 3. The lowest BCUT2D eigenvalue weighted by Crippen LogP contribution is -2.47. The van der Waals surface area contributed by atoms with E-state index in [4.69, 9.17) is 16.3 Å². The average Bonchev–Trinajstić information content (AvgIpc) is 2.56. The number of aryl methyl sites for hydroxylation is 1. The molecule has 0 heterocycles. The van der Waals surface area contributed by atoms with Gasteiger partial charge in [0.2, 0.25) is 0 Å². The first-order chi connectivity index (χ1) is 11.8. The van der Waals surface area contributed by atoms with Gasteiger partial charge in [-0.3, -0.25) is 20.4 Å². The van der Waals surface area contributed by atoms with Gasteiger partial charge < -0.3 is 4.74 Å². The van der Waals surface area contributed by atoms with Gasteiger partial charge in [0.15, 0.2) is 6.10 Å². The van der Waals surface area contributed by atoms with E-state index in [0.29, 0.717) is 19.9 Å². The highest BCUT2D eigenvalue weighted by Gasteiger charge is 2.18. The van der Waals surface area contributed by atoms with Crippen LogP contribution in [0, 0.1) is 17.4 Å². The molecule has 0 fully saturated rings. The largest absolute Gasteiger partial charge is 0.481 e. The number of amides is 2. The van der Waals surface area contributed by atoms with Crippen molar-refractivity contribution in [3.8, 4) is 5.75 Å². The highest BCUT2D eigenvalue weighted by atomic mass is 127. The highest BCUT2D eigenvalue weighted by Crippen LogP contribution is 2.21. The Kier molecular flexibility index (Phi) is 6.66. The summed E-state index contributed by atoms with van der Waals surface area (Å²) >= 11 is 7.88. The zero-order valence-corrected chi connectivity index (χ0v) is 16.9. The van der Waals surface area contributed by atoms with Crippen LogP contribution in [0.25, 0.3) is 0 Å². The van der Waals surface area contributed by atoms with E-state index in [9.17, 15) is 9.59 Å². The van der Waals surface area contributed by atoms with Crippen molar-refractivity contribution in [3.63, 3.8) is 0 Å². The summed E-state index contributed by atoms with van der Waals surface area (Å²) in [7, 11) is 0. The Bertz CT molecular complexity index is 811. The van der Waals surface area contributed by atoms with Gasteiger partial charge in [-0.05, 0) is 78.8 Å². The van der Waals surface area contributed by atoms with Gasteiger partial charge in [-0.1, -0.05) is 23.7 Å². The van der Waals surface area contributed by atoms with Crippen LogP contribution >= 0.6 is 34.2 Å². The predicted octanol–water partition coefficient (Wildman–Crippen LogP) is 3.79. The molecule has 132 valence electrons. The third-order valence-electron chi connectivity index (χ3n) is 3.70. The fraction of sp³-hybridized carbons (Fsp3) is 0.222. The lowest BCUT2D eigenvalue weighted by Gasteiger charge is -2.17. The summed E-state index contributed by atoms with van der Waals surface area (Å²) in [6, 6.07) is 10.5. The van der Waals surface area contributed by atoms with Crippen LogP contribution in [0.1, 0.15) is 28.4 Å². The minimum atomic E-state index is -0.759. The van der Waals surface area contributed by atoms with Crippen LogP contribution in [0.2, 0.25) is 5.02 Å². The standard InChI is InChI=1S/C18H18ClIN2O3/c1-10-5-4-6-16(11(10)2)25-12(3)17(23)21-22-18(24)14-8-7-13(19)9-15(14)20/h4-9,12H,1-3H3,(H,21,23)(H,22,24). The summed E-state index contributed by atoms with van der Waals surface area (Å²) in [6.45, 7) is 5.52. The van der Waals surface area contributed by atoms with Crippen molar-refractivity contribution in [2.24, 2.45) is 0 Å². The van der Waals surface area contributed by atoms with Crippen LogP contribution in [0.4, 0.5) is 0 Å². The average molecular weight is 473 g/mol. The van der Waals surface area contributed by atoms with Gasteiger partial charge in [-0.2, -0.15) is 0 Å². The Morgan fingerprint density at radius 3 is 2.56 bits per heavy atom. The lowest BCUT2D eigenvalue weighted by atomic mass is 10.1. The predicted molar refractivity (Wildman–Crippen MR) is 106 cm³/mol. The van der Waals surface area contributed by atoms with E-state index in [1.165, 1.54) is 0 Å². The maximum atomic E-state index is 12.1. The third-order valence-corrected chi connectivity index (χ3v) is 4.83. The van der Waals surface area contributed by atoms with Crippen LogP contribution in [-0.4, -0.2) is 17.9 Å². The van der Waals surface area contributed by atoms with Gasteiger partial charge in [0.1, 0.15) is 5.75 Å². The fourth-order valence-corrected chi connectivity index (χ4v) is 3.17. The van der Waals surface area contributed by atoms with Gasteiger partial charge in [0, 0.05) is 8.59 Å². The van der Waals surface area contributed by atoms with Gasteiger partial charge >= 0.3 is 0 Å². The summed E-state index contributed by atoms with van der Waals surface area (Å²) in [5.74, 6) is -0.229. The second-order valence-electron chi connectivity index (χ2n) is 5.53. The zero-order valence-electron chi connectivity index (χ0n) is 14.0. The van der Waals surface area contributed by atoms with Gasteiger partial charge in [-0.25, -0.2) is 0 Å². The normalized spacial score (nSPS) is 11.6. The Labute approximate surface area is 165 Å². The fourth-order valence-electron chi connectivity index (χ4n) is 2.06. The molecule has 7 heteroatoms. The Morgan fingerprint density at radius 1 is 1.16 bits per heavy atom. The van der Waals surface area contributed by atoms with Crippen molar-refractivity contribution < 1.29 is 14.3 Å². The molecule has 25 heavy (non-hydrogen) atoms. The van der Waals surface area contributed by atoms with Crippen LogP contribution in [-0.2, 0) is 4.79 Å². The molecule has 0 saturated heterocycles. The molecule has 1 unspecified atom stereocenters. The highest BCUT2D eigenvalue weighted by molar-refractivity contribution is 14.1. The summed E-state index contributed by atoms with van der Waals surface area (Å²) in [4.78, 5) is 24.3. The Hall–Kier alpha value is -1.80. The summed E-state index contributed by atoms with van der Waals surface area (Å²) in [6.07, 6.45) is -0.759. The van der Waals surface area contributed by atoms with Crippen molar-refractivity contribution in [3.05, 3.63) is 61.7 Å². The minimum absolute atomic E-state index is 0.423. The molecule has 0 radical (unpaired) electrons. The molecule has 0 aliphatic rings. The minimum Gasteiger partial charge on any atom is -0.481 e. The van der Waals surface area contributed by atoms with E-state index >= 15 is 0 Å². The number of carbonyl (C=O) groups is 2. The van der Waals surface area contributed by atoms with Crippen molar-refractivity contribution >= 4 is 46.0 Å². The van der Waals surface area contributed by atoms with E-state index in [2.05, 4.69) is 10.9 Å². The maximum Gasteiger partial charge on any atom is 0.279 e. The Morgan fingerprint density at radius 2 is 1.88 bits per heavy atom. The SMILES string of the molecule is Cc1cccc(OC(C)C(=O)NNC(=O)c2ccc(Cl)cc2I)c1C. The lowest BCUT2D eigenvalue weighted by molar-refractivity contribution is -0.128. The molecule has 0 aromatic heterocycles. The summed E-state index contributed by atoms with van der Waals surface area (Å²) in [5.41, 5.74) is 7.24. The van der Waals surface area contributed by atoms with Crippen LogP contribution in [0.15, 0.2) is 36.4 Å². The van der Waals surface area contributed by atoms with E-state index < -0.39 is 17.9 Å². The number of hydrazine groups is 1. The van der Waals surface area contributed by atoms with Gasteiger partial charge in [-0.15, -0.1) is 0 Å². The number of hydrogen-bond donors (Lipinski definition) is 2. The van der Waals surface area contributed by atoms with E-state index in [-0.39, 0.29) is 0 Å². The molecule has 0 spiro atoms. The topological polar surface area (TPSA) is 67.4 Å². The molecule has 0 aliphatic heterocycles. The molecule has 0 aliphatic carbocycles. The first-order valence-electron chi connectivity index (χ1n) is 7.57.